The predicted octanol–water partition coefficient (Wildman–Crippen LogP) is 2.84. The second-order valence-corrected chi connectivity index (χ2v) is 8.03. The number of anilines is 2. The number of carbonyl (C=O) groups is 1. The molecule has 0 amide bonds. The molecule has 1 N–H and O–H groups in total. The number of ether oxygens (including phenoxy) is 1. The second kappa shape index (κ2) is 6.44. The van der Waals surface area contributed by atoms with Crippen LogP contribution in [0.4, 0.5) is 16.4 Å². The molecule has 2 saturated heterocycles. The number of fused-ring (bicyclic) bond motifs is 2. The van der Waals surface area contributed by atoms with Crippen LogP contribution in [0.3, 0.4) is 0 Å². The summed E-state index contributed by atoms with van der Waals surface area (Å²) in [5.41, 5.74) is 1.15. The molecule has 0 spiro atoms. The summed E-state index contributed by atoms with van der Waals surface area (Å²) in [6.07, 6.45) is 1.40. The van der Waals surface area contributed by atoms with Gasteiger partial charge in [0.25, 0.3) is 0 Å². The Kier molecular flexibility index (Phi) is 4.03. The summed E-state index contributed by atoms with van der Waals surface area (Å²) in [7, 11) is 0. The number of hydrogen-bond acceptors (Lipinski definition) is 7. The van der Waals surface area contributed by atoms with E-state index in [-0.39, 0.29) is 5.78 Å². The number of Topliss-reactive ketones (excluding diaryl/α,β-unsaturated/α-hetero) is 1. The highest BCUT2D eigenvalue weighted by molar-refractivity contribution is 7.14. The van der Waals surface area contributed by atoms with E-state index in [9.17, 15) is 9.90 Å². The van der Waals surface area contributed by atoms with Gasteiger partial charge in [0.1, 0.15) is 5.00 Å². The van der Waals surface area contributed by atoms with Crippen LogP contribution in [0, 0.1) is 0 Å². The molecule has 0 aliphatic carbocycles. The molecule has 0 bridgehead atoms. The molecule has 2 aromatic rings. The van der Waals surface area contributed by atoms with Crippen molar-refractivity contribution in [2.45, 2.75) is 18.4 Å². The van der Waals surface area contributed by atoms with E-state index in [4.69, 9.17) is 4.74 Å². The third-order valence-electron chi connectivity index (χ3n) is 5.54. The topological polar surface area (TPSA) is 65.4 Å². The van der Waals surface area contributed by atoms with Crippen molar-refractivity contribution in [3.05, 3.63) is 41.3 Å². The van der Waals surface area contributed by atoms with E-state index in [2.05, 4.69) is 22.0 Å². The molecule has 140 valence electrons. The fourth-order valence-corrected chi connectivity index (χ4v) is 4.82. The first-order chi connectivity index (χ1) is 13.2. The molecule has 3 aliphatic rings. The Bertz CT molecular complexity index is 899. The summed E-state index contributed by atoms with van der Waals surface area (Å²) in [5.74, 6) is 0.228. The summed E-state index contributed by atoms with van der Waals surface area (Å²) < 4.78 is 5.53. The van der Waals surface area contributed by atoms with Gasteiger partial charge in [-0.05, 0) is 42.1 Å². The Morgan fingerprint density at radius 2 is 1.89 bits per heavy atom. The van der Waals surface area contributed by atoms with Gasteiger partial charge in [0.15, 0.2) is 11.4 Å². The van der Waals surface area contributed by atoms with Crippen molar-refractivity contribution in [3.8, 4) is 0 Å². The van der Waals surface area contributed by atoms with Crippen molar-refractivity contribution < 1.29 is 14.6 Å². The zero-order valence-electron chi connectivity index (χ0n) is 14.9. The lowest BCUT2D eigenvalue weighted by atomic mass is 9.90. The molecule has 7 heteroatoms. The molecule has 1 atom stereocenters. The molecule has 2 fully saturated rings. The Morgan fingerprint density at radius 3 is 2.74 bits per heavy atom. The van der Waals surface area contributed by atoms with E-state index in [0.29, 0.717) is 29.4 Å². The SMILES string of the molecule is O=C1c2ccsc2N=C2N(c3ccc(N4CCCOCC4)cc3)CCC12O. The van der Waals surface area contributed by atoms with Crippen LogP contribution in [0.2, 0.25) is 0 Å². The van der Waals surface area contributed by atoms with Gasteiger partial charge in [-0.3, -0.25) is 4.79 Å². The standard InChI is InChI=1S/C20H21N3O3S/c24-17-16-6-13-27-18(16)21-19-20(17,25)7-9-23(19)15-4-2-14(3-5-15)22-8-1-11-26-12-10-22/h2-6,13,25H,1,7-12H2. The largest absolute Gasteiger partial charge is 0.380 e. The Balaban J connectivity index is 1.45. The zero-order chi connectivity index (χ0) is 18.4. The number of amidine groups is 1. The average molecular weight is 383 g/mol. The van der Waals surface area contributed by atoms with E-state index in [1.165, 1.54) is 17.0 Å². The zero-order valence-corrected chi connectivity index (χ0v) is 15.7. The first-order valence-electron chi connectivity index (χ1n) is 9.31. The van der Waals surface area contributed by atoms with Gasteiger partial charge in [0.05, 0.1) is 12.2 Å². The normalized spacial score (nSPS) is 25.1. The third-order valence-corrected chi connectivity index (χ3v) is 6.35. The lowest BCUT2D eigenvalue weighted by Crippen LogP contribution is -2.48. The monoisotopic (exact) mass is 383 g/mol. The lowest BCUT2D eigenvalue weighted by Gasteiger charge is -2.29. The quantitative estimate of drug-likeness (QED) is 0.864. The first kappa shape index (κ1) is 16.9. The number of rotatable bonds is 2. The Morgan fingerprint density at radius 1 is 1.07 bits per heavy atom. The average Bonchev–Trinajstić information content (AvgIpc) is 3.18. The number of aliphatic imine (C=N–C) groups is 1. The highest BCUT2D eigenvalue weighted by atomic mass is 32.1. The van der Waals surface area contributed by atoms with Crippen LogP contribution in [0.15, 0.2) is 40.7 Å². The van der Waals surface area contributed by atoms with Crippen LogP contribution < -0.4 is 9.80 Å². The number of aliphatic hydroxyl groups is 1. The number of nitrogens with zero attached hydrogens (tertiary/aromatic N) is 3. The van der Waals surface area contributed by atoms with Gasteiger partial charge in [-0.1, -0.05) is 0 Å². The number of carbonyl (C=O) groups excluding carboxylic acids is 1. The van der Waals surface area contributed by atoms with Crippen LogP contribution in [0.25, 0.3) is 0 Å². The second-order valence-electron chi connectivity index (χ2n) is 7.14. The van der Waals surface area contributed by atoms with E-state index in [1.54, 1.807) is 6.07 Å². The minimum absolute atomic E-state index is 0.229. The molecular weight excluding hydrogens is 362 g/mol. The van der Waals surface area contributed by atoms with Crippen molar-refractivity contribution in [3.63, 3.8) is 0 Å². The molecule has 1 aromatic heterocycles. The third kappa shape index (κ3) is 2.69. The van der Waals surface area contributed by atoms with E-state index >= 15 is 0 Å². The van der Waals surface area contributed by atoms with E-state index in [1.807, 2.05) is 22.4 Å². The Labute approximate surface area is 161 Å². The summed E-state index contributed by atoms with van der Waals surface area (Å²) in [5, 5.41) is 13.6. The van der Waals surface area contributed by atoms with Gasteiger partial charge >= 0.3 is 0 Å². The maximum Gasteiger partial charge on any atom is 0.205 e. The van der Waals surface area contributed by atoms with Crippen LogP contribution in [0.1, 0.15) is 23.2 Å². The molecule has 1 aromatic carbocycles. The fraction of sp³-hybridized carbons (Fsp3) is 0.400. The van der Waals surface area contributed by atoms with Gasteiger partial charge in [-0.2, -0.15) is 0 Å². The summed E-state index contributed by atoms with van der Waals surface area (Å²) in [4.78, 5) is 21.7. The molecule has 3 aliphatic heterocycles. The molecule has 6 nitrogen and oxygen atoms in total. The van der Waals surface area contributed by atoms with Gasteiger partial charge in [-0.15, -0.1) is 11.3 Å². The maximum atomic E-state index is 12.8. The highest BCUT2D eigenvalue weighted by Crippen LogP contribution is 2.41. The molecule has 5 rings (SSSR count). The molecular formula is C20H21N3O3S. The first-order valence-corrected chi connectivity index (χ1v) is 10.2. The van der Waals surface area contributed by atoms with Crippen molar-refractivity contribution in [1.29, 1.82) is 0 Å². The number of thiophene rings is 1. The van der Waals surface area contributed by atoms with E-state index in [0.717, 1.165) is 38.4 Å². The van der Waals surface area contributed by atoms with E-state index < -0.39 is 5.60 Å². The maximum absolute atomic E-state index is 12.8. The molecule has 0 radical (unpaired) electrons. The van der Waals surface area contributed by atoms with Crippen LogP contribution in [0.5, 0.6) is 0 Å². The van der Waals surface area contributed by atoms with Crippen LogP contribution in [-0.2, 0) is 4.74 Å². The summed E-state index contributed by atoms with van der Waals surface area (Å²) in [6.45, 7) is 4.03. The number of hydrogen-bond donors (Lipinski definition) is 1. The predicted molar refractivity (Wildman–Crippen MR) is 107 cm³/mol. The number of benzene rings is 1. The highest BCUT2D eigenvalue weighted by Gasteiger charge is 2.52. The lowest BCUT2D eigenvalue weighted by molar-refractivity contribution is 0.0603. The van der Waals surface area contributed by atoms with Gasteiger partial charge in [-0.25, -0.2) is 4.99 Å². The van der Waals surface area contributed by atoms with Crippen molar-refractivity contribution >= 4 is 39.3 Å². The van der Waals surface area contributed by atoms with Gasteiger partial charge in [0.2, 0.25) is 5.78 Å². The molecule has 1 unspecified atom stereocenters. The molecule has 4 heterocycles. The minimum atomic E-state index is -1.51. The van der Waals surface area contributed by atoms with Crippen molar-refractivity contribution in [2.24, 2.45) is 4.99 Å². The van der Waals surface area contributed by atoms with Crippen molar-refractivity contribution in [2.75, 3.05) is 42.6 Å². The van der Waals surface area contributed by atoms with Gasteiger partial charge in [0, 0.05) is 44.0 Å². The molecule has 27 heavy (non-hydrogen) atoms. The number of ketones is 1. The van der Waals surface area contributed by atoms with Crippen LogP contribution >= 0.6 is 11.3 Å². The summed E-state index contributed by atoms with van der Waals surface area (Å²) >= 11 is 1.43. The van der Waals surface area contributed by atoms with Crippen LogP contribution in [-0.4, -0.2) is 55.2 Å². The Hall–Kier alpha value is -2.22. The molecule has 0 saturated carbocycles. The van der Waals surface area contributed by atoms with Crippen molar-refractivity contribution in [1.82, 2.24) is 0 Å². The minimum Gasteiger partial charge on any atom is -0.380 e. The smallest absolute Gasteiger partial charge is 0.205 e. The van der Waals surface area contributed by atoms with Gasteiger partial charge < -0.3 is 19.6 Å². The summed E-state index contributed by atoms with van der Waals surface area (Å²) in [6, 6.07) is 10.0. The fourth-order valence-electron chi connectivity index (χ4n) is 4.06.